The van der Waals surface area contributed by atoms with Gasteiger partial charge >= 0.3 is 0 Å². The van der Waals surface area contributed by atoms with Crippen LogP contribution in [0.5, 0.6) is 23.0 Å². The van der Waals surface area contributed by atoms with Crippen molar-refractivity contribution >= 4 is 21.4 Å². The number of ether oxygens (including phenoxy) is 2. The molecule has 0 fully saturated rings. The standard InChI is InChI=1S/C24H22O3S/c1-24(2,3)27-18-11-8-16(9-12-18)20-14-17(25)10-13-21(20)26-22-15-28-23-7-5-4-6-19(22)23/h4-15,25H,1-3H3. The fourth-order valence-electron chi connectivity index (χ4n) is 3.04. The molecule has 4 heteroatoms. The maximum atomic E-state index is 10.0. The number of thiophene rings is 1. The van der Waals surface area contributed by atoms with Crippen LogP contribution in [0.2, 0.25) is 0 Å². The average molecular weight is 391 g/mol. The molecule has 3 aromatic carbocycles. The summed E-state index contributed by atoms with van der Waals surface area (Å²) in [7, 11) is 0. The average Bonchev–Trinajstić information content (AvgIpc) is 3.06. The maximum Gasteiger partial charge on any atom is 0.145 e. The van der Waals surface area contributed by atoms with E-state index in [1.165, 1.54) is 4.70 Å². The summed E-state index contributed by atoms with van der Waals surface area (Å²) in [5.41, 5.74) is 1.53. The van der Waals surface area contributed by atoms with Crippen LogP contribution in [0.15, 0.2) is 72.1 Å². The van der Waals surface area contributed by atoms with Crippen LogP contribution in [0.4, 0.5) is 0 Å². The van der Waals surface area contributed by atoms with E-state index in [9.17, 15) is 5.11 Å². The second-order valence-electron chi connectivity index (χ2n) is 7.62. The minimum atomic E-state index is -0.249. The zero-order valence-corrected chi connectivity index (χ0v) is 16.9. The van der Waals surface area contributed by atoms with Gasteiger partial charge in [0.1, 0.15) is 28.6 Å². The van der Waals surface area contributed by atoms with Crippen LogP contribution in [0.25, 0.3) is 21.2 Å². The minimum absolute atomic E-state index is 0.201. The van der Waals surface area contributed by atoms with Gasteiger partial charge in [0.2, 0.25) is 0 Å². The summed E-state index contributed by atoms with van der Waals surface area (Å²) in [4.78, 5) is 0. The maximum absolute atomic E-state index is 10.0. The lowest BCUT2D eigenvalue weighted by molar-refractivity contribution is 0.131. The normalized spacial score (nSPS) is 11.5. The van der Waals surface area contributed by atoms with E-state index < -0.39 is 0 Å². The van der Waals surface area contributed by atoms with Gasteiger partial charge in [-0.25, -0.2) is 0 Å². The lowest BCUT2D eigenvalue weighted by Crippen LogP contribution is -2.22. The molecule has 0 amide bonds. The van der Waals surface area contributed by atoms with Crippen molar-refractivity contribution in [2.45, 2.75) is 26.4 Å². The zero-order valence-electron chi connectivity index (χ0n) is 16.1. The lowest BCUT2D eigenvalue weighted by Gasteiger charge is -2.21. The van der Waals surface area contributed by atoms with Crippen molar-refractivity contribution in [1.82, 2.24) is 0 Å². The van der Waals surface area contributed by atoms with Crippen molar-refractivity contribution in [2.24, 2.45) is 0 Å². The SMILES string of the molecule is CC(C)(C)Oc1ccc(-c2cc(O)ccc2Oc2csc3ccccc23)cc1. The van der Waals surface area contributed by atoms with E-state index in [2.05, 4.69) is 12.1 Å². The molecule has 142 valence electrons. The van der Waals surface area contributed by atoms with Crippen LogP contribution in [-0.4, -0.2) is 10.7 Å². The molecule has 0 aliphatic rings. The van der Waals surface area contributed by atoms with Gasteiger partial charge in [-0.3, -0.25) is 0 Å². The second kappa shape index (κ2) is 7.21. The number of hydrogen-bond donors (Lipinski definition) is 1. The largest absolute Gasteiger partial charge is 0.508 e. The highest BCUT2D eigenvalue weighted by molar-refractivity contribution is 7.17. The highest BCUT2D eigenvalue weighted by Crippen LogP contribution is 2.40. The van der Waals surface area contributed by atoms with E-state index in [0.717, 1.165) is 28.0 Å². The zero-order chi connectivity index (χ0) is 19.7. The summed E-state index contributed by atoms with van der Waals surface area (Å²) in [5, 5.41) is 13.1. The van der Waals surface area contributed by atoms with E-state index >= 15 is 0 Å². The van der Waals surface area contributed by atoms with Gasteiger partial charge < -0.3 is 14.6 Å². The van der Waals surface area contributed by atoms with Crippen molar-refractivity contribution < 1.29 is 14.6 Å². The fourth-order valence-corrected chi connectivity index (χ4v) is 3.90. The third-order valence-corrected chi connectivity index (χ3v) is 5.16. The van der Waals surface area contributed by atoms with Crippen molar-refractivity contribution in [2.75, 3.05) is 0 Å². The predicted molar refractivity (Wildman–Crippen MR) is 116 cm³/mol. The Morgan fingerprint density at radius 1 is 0.857 bits per heavy atom. The third kappa shape index (κ3) is 3.97. The Kier molecular flexibility index (Phi) is 4.73. The van der Waals surface area contributed by atoms with E-state index in [4.69, 9.17) is 9.47 Å². The number of fused-ring (bicyclic) bond motifs is 1. The molecular formula is C24H22O3S. The van der Waals surface area contributed by atoms with Gasteiger partial charge in [-0.1, -0.05) is 24.3 Å². The molecule has 4 rings (SSSR count). The quantitative estimate of drug-likeness (QED) is 0.399. The Hall–Kier alpha value is -2.98. The van der Waals surface area contributed by atoms with Crippen molar-refractivity contribution in [3.8, 4) is 34.1 Å². The summed E-state index contributed by atoms with van der Waals surface area (Å²) in [6, 6.07) is 21.2. The Morgan fingerprint density at radius 3 is 2.36 bits per heavy atom. The molecule has 0 radical (unpaired) electrons. The number of phenolic OH excluding ortho intramolecular Hbond substituents is 1. The molecule has 0 aliphatic carbocycles. The smallest absolute Gasteiger partial charge is 0.145 e. The monoisotopic (exact) mass is 390 g/mol. The molecule has 1 N–H and O–H groups in total. The van der Waals surface area contributed by atoms with Gasteiger partial charge in [0, 0.05) is 21.0 Å². The summed E-state index contributed by atoms with van der Waals surface area (Å²) in [6.07, 6.45) is 0. The molecule has 0 aliphatic heterocycles. The van der Waals surface area contributed by atoms with Crippen LogP contribution in [0.1, 0.15) is 20.8 Å². The summed E-state index contributed by atoms with van der Waals surface area (Å²) < 4.78 is 13.3. The van der Waals surface area contributed by atoms with Gasteiger partial charge in [-0.05, 0) is 68.8 Å². The van der Waals surface area contributed by atoms with E-state index in [0.29, 0.717) is 5.75 Å². The molecule has 0 saturated carbocycles. The van der Waals surface area contributed by atoms with Crippen LogP contribution in [0.3, 0.4) is 0 Å². The Labute approximate surface area is 168 Å². The summed E-state index contributed by atoms with van der Waals surface area (Å²) in [5.74, 6) is 2.53. The van der Waals surface area contributed by atoms with Crippen LogP contribution in [-0.2, 0) is 0 Å². The van der Waals surface area contributed by atoms with Crippen molar-refractivity contribution in [3.63, 3.8) is 0 Å². The molecule has 0 atom stereocenters. The number of hydrogen-bond acceptors (Lipinski definition) is 4. The molecular weight excluding hydrogens is 368 g/mol. The lowest BCUT2D eigenvalue weighted by atomic mass is 10.0. The number of aromatic hydroxyl groups is 1. The minimum Gasteiger partial charge on any atom is -0.508 e. The highest BCUT2D eigenvalue weighted by atomic mass is 32.1. The third-order valence-electron chi connectivity index (χ3n) is 4.22. The van der Waals surface area contributed by atoms with Crippen LogP contribution < -0.4 is 9.47 Å². The Bertz CT molecular complexity index is 1100. The molecule has 0 unspecified atom stereocenters. The van der Waals surface area contributed by atoms with E-state index in [-0.39, 0.29) is 11.4 Å². The van der Waals surface area contributed by atoms with Crippen LogP contribution >= 0.6 is 11.3 Å². The fraction of sp³-hybridized carbons (Fsp3) is 0.167. The molecule has 0 spiro atoms. The van der Waals surface area contributed by atoms with Gasteiger partial charge in [0.25, 0.3) is 0 Å². The van der Waals surface area contributed by atoms with Gasteiger partial charge in [-0.2, -0.15) is 0 Å². The predicted octanol–water partition coefficient (Wildman–Crippen LogP) is 7.24. The van der Waals surface area contributed by atoms with Gasteiger partial charge in [-0.15, -0.1) is 11.3 Å². The van der Waals surface area contributed by atoms with Gasteiger partial charge in [0.15, 0.2) is 0 Å². The molecule has 1 aromatic heterocycles. The molecule has 3 nitrogen and oxygen atoms in total. The first-order valence-corrected chi connectivity index (χ1v) is 10.0. The Morgan fingerprint density at radius 2 is 1.61 bits per heavy atom. The summed E-state index contributed by atoms with van der Waals surface area (Å²) in [6.45, 7) is 6.06. The molecule has 1 heterocycles. The van der Waals surface area contributed by atoms with E-state index in [1.807, 2.05) is 62.5 Å². The highest BCUT2D eigenvalue weighted by Gasteiger charge is 2.14. The topological polar surface area (TPSA) is 38.7 Å². The summed E-state index contributed by atoms with van der Waals surface area (Å²) >= 11 is 1.65. The molecule has 0 bridgehead atoms. The second-order valence-corrected chi connectivity index (χ2v) is 8.53. The van der Waals surface area contributed by atoms with Crippen molar-refractivity contribution in [3.05, 3.63) is 72.1 Å². The first kappa shape index (κ1) is 18.4. The number of benzene rings is 3. The first-order chi connectivity index (χ1) is 13.4. The van der Waals surface area contributed by atoms with Crippen LogP contribution in [0, 0.1) is 0 Å². The molecule has 28 heavy (non-hydrogen) atoms. The van der Waals surface area contributed by atoms with E-state index in [1.54, 1.807) is 29.5 Å². The van der Waals surface area contributed by atoms with Crippen molar-refractivity contribution in [1.29, 1.82) is 0 Å². The Balaban J connectivity index is 1.69. The molecule has 0 saturated heterocycles. The number of phenols is 1. The number of rotatable bonds is 4. The van der Waals surface area contributed by atoms with Gasteiger partial charge in [0.05, 0.1) is 0 Å². The molecule has 4 aromatic rings. The first-order valence-electron chi connectivity index (χ1n) is 9.16.